The summed E-state index contributed by atoms with van der Waals surface area (Å²) >= 11 is 3.21. The van der Waals surface area contributed by atoms with Gasteiger partial charge in [-0.2, -0.15) is 4.31 Å². The number of sulfonamides is 1. The highest BCUT2D eigenvalue weighted by atomic mass is 79.9. The fraction of sp³-hybridized carbons (Fsp3) is 0.538. The SMILES string of the molecule is CC1CCN(S(=O)(=O)c2cc(Br)cc(CN)c2F)CC1. The Labute approximate surface area is 127 Å². The van der Waals surface area contributed by atoms with E-state index in [-0.39, 0.29) is 17.0 Å². The fourth-order valence-corrected chi connectivity index (χ4v) is 4.58. The summed E-state index contributed by atoms with van der Waals surface area (Å²) in [6.45, 7) is 2.93. The van der Waals surface area contributed by atoms with Gasteiger partial charge in [0.1, 0.15) is 10.7 Å². The van der Waals surface area contributed by atoms with Gasteiger partial charge in [0, 0.05) is 29.7 Å². The molecule has 0 radical (unpaired) electrons. The third-order valence-electron chi connectivity index (χ3n) is 3.66. The summed E-state index contributed by atoms with van der Waals surface area (Å²) in [5.41, 5.74) is 5.66. The predicted octanol–water partition coefficient (Wildman–Crippen LogP) is 2.47. The zero-order chi connectivity index (χ0) is 14.9. The predicted molar refractivity (Wildman–Crippen MR) is 79.1 cm³/mol. The van der Waals surface area contributed by atoms with Crippen molar-refractivity contribution in [3.05, 3.63) is 28.0 Å². The maximum Gasteiger partial charge on any atom is 0.246 e. The van der Waals surface area contributed by atoms with Crippen LogP contribution in [0.3, 0.4) is 0 Å². The molecule has 0 saturated carbocycles. The highest BCUT2D eigenvalue weighted by Crippen LogP contribution is 2.29. The van der Waals surface area contributed by atoms with E-state index in [0.717, 1.165) is 12.8 Å². The number of halogens is 2. The number of nitrogens with zero attached hydrogens (tertiary/aromatic N) is 1. The van der Waals surface area contributed by atoms with E-state index in [4.69, 9.17) is 5.73 Å². The molecule has 0 bridgehead atoms. The van der Waals surface area contributed by atoms with Crippen molar-refractivity contribution in [2.45, 2.75) is 31.2 Å². The molecule has 1 fully saturated rings. The second kappa shape index (κ2) is 6.09. The van der Waals surface area contributed by atoms with Crippen LogP contribution in [0.4, 0.5) is 4.39 Å². The topological polar surface area (TPSA) is 63.4 Å². The lowest BCUT2D eigenvalue weighted by molar-refractivity contribution is 0.287. The van der Waals surface area contributed by atoms with E-state index in [1.54, 1.807) is 0 Å². The largest absolute Gasteiger partial charge is 0.326 e. The standard InChI is InChI=1S/C13H18BrFN2O2S/c1-9-2-4-17(5-3-9)20(18,19)12-7-11(14)6-10(8-16)13(12)15/h6-7,9H,2-5,8,16H2,1H3. The summed E-state index contributed by atoms with van der Waals surface area (Å²) in [6.07, 6.45) is 1.61. The van der Waals surface area contributed by atoms with Crippen LogP contribution in [-0.2, 0) is 16.6 Å². The van der Waals surface area contributed by atoms with Crippen LogP contribution in [-0.4, -0.2) is 25.8 Å². The lowest BCUT2D eigenvalue weighted by Crippen LogP contribution is -2.38. The normalized spacial score (nSPS) is 18.4. The van der Waals surface area contributed by atoms with Crippen LogP contribution in [0.25, 0.3) is 0 Å². The Morgan fingerprint density at radius 2 is 2.00 bits per heavy atom. The van der Waals surface area contributed by atoms with Crippen molar-refractivity contribution < 1.29 is 12.8 Å². The molecule has 1 heterocycles. The second-order valence-electron chi connectivity index (χ2n) is 5.17. The van der Waals surface area contributed by atoms with E-state index >= 15 is 0 Å². The minimum Gasteiger partial charge on any atom is -0.326 e. The number of nitrogens with two attached hydrogens (primary N) is 1. The third-order valence-corrected chi connectivity index (χ3v) is 6.02. The molecule has 4 nitrogen and oxygen atoms in total. The molecule has 2 rings (SSSR count). The molecule has 2 N–H and O–H groups in total. The Kier molecular flexibility index (Phi) is 4.84. The quantitative estimate of drug-likeness (QED) is 0.895. The van der Waals surface area contributed by atoms with Gasteiger partial charge < -0.3 is 5.73 Å². The molecule has 7 heteroatoms. The van der Waals surface area contributed by atoms with Gasteiger partial charge in [0.25, 0.3) is 0 Å². The first-order chi connectivity index (χ1) is 9.36. The first-order valence-corrected chi connectivity index (χ1v) is 8.77. The second-order valence-corrected chi connectivity index (χ2v) is 7.99. The molecule has 1 aliphatic heterocycles. The van der Waals surface area contributed by atoms with Crippen molar-refractivity contribution in [2.75, 3.05) is 13.1 Å². The number of rotatable bonds is 3. The van der Waals surface area contributed by atoms with Gasteiger partial charge in [-0.3, -0.25) is 0 Å². The van der Waals surface area contributed by atoms with Gasteiger partial charge in [-0.05, 0) is 30.9 Å². The van der Waals surface area contributed by atoms with E-state index in [1.165, 1.54) is 16.4 Å². The van der Waals surface area contributed by atoms with E-state index in [2.05, 4.69) is 22.9 Å². The molecule has 0 aromatic heterocycles. The third kappa shape index (κ3) is 3.05. The molecule has 0 aliphatic carbocycles. The van der Waals surface area contributed by atoms with Gasteiger partial charge in [-0.25, -0.2) is 12.8 Å². The molecule has 0 atom stereocenters. The molecule has 1 aliphatic rings. The molecule has 0 unspecified atom stereocenters. The fourth-order valence-electron chi connectivity index (χ4n) is 2.32. The number of hydrogen-bond donors (Lipinski definition) is 1. The smallest absolute Gasteiger partial charge is 0.246 e. The molecule has 0 spiro atoms. The summed E-state index contributed by atoms with van der Waals surface area (Å²) in [5.74, 6) is -0.234. The maximum absolute atomic E-state index is 14.3. The van der Waals surface area contributed by atoms with E-state index < -0.39 is 15.8 Å². The summed E-state index contributed by atoms with van der Waals surface area (Å²) in [4.78, 5) is -0.290. The molecular weight excluding hydrogens is 347 g/mol. The average Bonchev–Trinajstić information content (AvgIpc) is 2.41. The lowest BCUT2D eigenvalue weighted by atomic mass is 10.0. The van der Waals surface area contributed by atoms with E-state index in [9.17, 15) is 12.8 Å². The van der Waals surface area contributed by atoms with Crippen molar-refractivity contribution in [2.24, 2.45) is 11.7 Å². The Morgan fingerprint density at radius 1 is 1.40 bits per heavy atom. The zero-order valence-electron chi connectivity index (χ0n) is 11.3. The van der Waals surface area contributed by atoms with Crippen molar-refractivity contribution in [3.63, 3.8) is 0 Å². The van der Waals surface area contributed by atoms with Gasteiger partial charge >= 0.3 is 0 Å². The summed E-state index contributed by atoms with van der Waals surface area (Å²) < 4.78 is 41.3. The average molecular weight is 365 g/mol. The summed E-state index contributed by atoms with van der Waals surface area (Å²) in [7, 11) is -3.80. The van der Waals surface area contributed by atoms with Crippen LogP contribution in [0.5, 0.6) is 0 Å². The molecule has 1 aromatic rings. The number of benzene rings is 1. The van der Waals surface area contributed by atoms with Gasteiger partial charge in [0.15, 0.2) is 0 Å². The zero-order valence-corrected chi connectivity index (χ0v) is 13.7. The molecule has 0 amide bonds. The van der Waals surface area contributed by atoms with Crippen molar-refractivity contribution in [1.82, 2.24) is 4.31 Å². The van der Waals surface area contributed by atoms with Crippen LogP contribution < -0.4 is 5.73 Å². The minimum atomic E-state index is -3.80. The van der Waals surface area contributed by atoms with Crippen LogP contribution in [0.2, 0.25) is 0 Å². The minimum absolute atomic E-state index is 0.0369. The van der Waals surface area contributed by atoms with Crippen molar-refractivity contribution in [3.8, 4) is 0 Å². The molecule has 1 saturated heterocycles. The van der Waals surface area contributed by atoms with Crippen LogP contribution in [0, 0.1) is 11.7 Å². The highest BCUT2D eigenvalue weighted by molar-refractivity contribution is 9.10. The number of piperidine rings is 1. The first-order valence-electron chi connectivity index (χ1n) is 6.54. The Morgan fingerprint density at radius 3 is 2.55 bits per heavy atom. The van der Waals surface area contributed by atoms with Gasteiger partial charge in [-0.15, -0.1) is 0 Å². The summed E-state index contributed by atoms with van der Waals surface area (Å²) in [6, 6.07) is 2.81. The number of hydrogen-bond acceptors (Lipinski definition) is 3. The Bertz CT molecular complexity index is 599. The van der Waals surface area contributed by atoms with Crippen LogP contribution >= 0.6 is 15.9 Å². The maximum atomic E-state index is 14.3. The van der Waals surface area contributed by atoms with Crippen molar-refractivity contribution >= 4 is 26.0 Å². The Hall–Kier alpha value is -0.500. The van der Waals surface area contributed by atoms with Crippen molar-refractivity contribution in [1.29, 1.82) is 0 Å². The molecule has 112 valence electrons. The van der Waals surface area contributed by atoms with E-state index in [0.29, 0.717) is 23.5 Å². The Balaban J connectivity index is 2.42. The molecule has 1 aromatic carbocycles. The molecule has 20 heavy (non-hydrogen) atoms. The lowest BCUT2D eigenvalue weighted by Gasteiger charge is -2.29. The van der Waals surface area contributed by atoms with E-state index in [1.807, 2.05) is 0 Å². The highest BCUT2D eigenvalue weighted by Gasteiger charge is 2.31. The van der Waals surface area contributed by atoms with Crippen LogP contribution in [0.1, 0.15) is 25.3 Å². The first kappa shape index (κ1) is 15.9. The van der Waals surface area contributed by atoms with Gasteiger partial charge in [0.2, 0.25) is 10.0 Å². The van der Waals surface area contributed by atoms with Gasteiger partial charge in [-0.1, -0.05) is 22.9 Å². The van der Waals surface area contributed by atoms with Gasteiger partial charge in [0.05, 0.1) is 0 Å². The van der Waals surface area contributed by atoms with Crippen LogP contribution in [0.15, 0.2) is 21.5 Å². The monoisotopic (exact) mass is 364 g/mol. The molecular formula is C13H18BrFN2O2S. The summed E-state index contributed by atoms with van der Waals surface area (Å²) in [5, 5.41) is 0.